The summed E-state index contributed by atoms with van der Waals surface area (Å²) >= 11 is 1.28. The maximum absolute atomic E-state index is 12.4. The predicted octanol–water partition coefficient (Wildman–Crippen LogP) is 3.93. The van der Waals surface area contributed by atoms with E-state index >= 15 is 0 Å². The van der Waals surface area contributed by atoms with Crippen molar-refractivity contribution >= 4 is 29.3 Å². The van der Waals surface area contributed by atoms with Gasteiger partial charge in [0.05, 0.1) is 12.9 Å². The number of aromatic nitrogens is 3. The number of amides is 2. The van der Waals surface area contributed by atoms with E-state index in [1.165, 1.54) is 11.8 Å². The van der Waals surface area contributed by atoms with Gasteiger partial charge in [0.25, 0.3) is 5.91 Å². The highest BCUT2D eigenvalue weighted by Crippen LogP contribution is 2.22. The van der Waals surface area contributed by atoms with Gasteiger partial charge in [-0.2, -0.15) is 0 Å². The highest BCUT2D eigenvalue weighted by Gasteiger charge is 2.18. The molecule has 0 fully saturated rings. The number of benzene rings is 2. The van der Waals surface area contributed by atoms with Gasteiger partial charge < -0.3 is 15.4 Å². The molecular formula is C23H27N5O3S. The van der Waals surface area contributed by atoms with Crippen LogP contribution in [0, 0.1) is 0 Å². The second kappa shape index (κ2) is 10.3. The third kappa shape index (κ3) is 6.10. The second-order valence-corrected chi connectivity index (χ2v) is 8.73. The summed E-state index contributed by atoms with van der Waals surface area (Å²) in [6.45, 7) is 5.98. The number of carbonyl (C=O) groups excluding carboxylic acids is 2. The van der Waals surface area contributed by atoms with Gasteiger partial charge in [-0.25, -0.2) is 0 Å². The lowest BCUT2D eigenvalue weighted by Crippen LogP contribution is -2.42. The molecule has 168 valence electrons. The number of nitrogens with zero attached hydrogens (tertiary/aromatic N) is 3. The van der Waals surface area contributed by atoms with Crippen molar-refractivity contribution in [3.8, 4) is 11.4 Å². The van der Waals surface area contributed by atoms with Crippen molar-refractivity contribution in [2.45, 2.75) is 37.9 Å². The van der Waals surface area contributed by atoms with Gasteiger partial charge in [0, 0.05) is 22.5 Å². The molecule has 0 radical (unpaired) electrons. The summed E-state index contributed by atoms with van der Waals surface area (Å²) in [5, 5.41) is 14.5. The van der Waals surface area contributed by atoms with Gasteiger partial charge in [0.15, 0.2) is 5.16 Å². The maximum Gasteiger partial charge on any atom is 0.251 e. The van der Waals surface area contributed by atoms with Crippen molar-refractivity contribution in [3.63, 3.8) is 0 Å². The molecule has 2 amide bonds. The molecule has 32 heavy (non-hydrogen) atoms. The number of hydrogen-bond acceptors (Lipinski definition) is 6. The topological polar surface area (TPSA) is 98.1 Å². The molecule has 0 bridgehead atoms. The molecule has 0 saturated carbocycles. The Balaban J connectivity index is 1.56. The fraction of sp³-hybridized carbons (Fsp3) is 0.304. The smallest absolute Gasteiger partial charge is 0.251 e. The van der Waals surface area contributed by atoms with E-state index in [1.54, 1.807) is 37.7 Å². The molecule has 2 aromatic carbocycles. The number of ether oxygens (including phenoxy) is 1. The van der Waals surface area contributed by atoms with Crippen LogP contribution in [0.1, 0.15) is 37.6 Å². The monoisotopic (exact) mass is 453 g/mol. The number of nitrogens with one attached hydrogen (secondary N) is 2. The molecule has 8 nitrogen and oxygen atoms in total. The Labute approximate surface area is 191 Å². The lowest BCUT2D eigenvalue weighted by atomic mass is 10.0. The highest BCUT2D eigenvalue weighted by atomic mass is 32.2. The summed E-state index contributed by atoms with van der Waals surface area (Å²) < 4.78 is 6.99. The molecule has 0 aliphatic rings. The number of methoxy groups -OCH3 is 1. The van der Waals surface area contributed by atoms with Gasteiger partial charge >= 0.3 is 0 Å². The molecule has 0 aliphatic carbocycles. The van der Waals surface area contributed by atoms with Crippen LogP contribution in [0.5, 0.6) is 5.75 Å². The minimum absolute atomic E-state index is 0.136. The molecule has 1 heterocycles. The van der Waals surface area contributed by atoms with Crippen LogP contribution in [0.3, 0.4) is 0 Å². The van der Waals surface area contributed by atoms with Gasteiger partial charge in [-0.05, 0) is 68.8 Å². The van der Waals surface area contributed by atoms with E-state index in [0.717, 1.165) is 17.9 Å². The summed E-state index contributed by atoms with van der Waals surface area (Å²) in [5.74, 6) is 0.613. The van der Waals surface area contributed by atoms with Crippen LogP contribution >= 0.6 is 11.8 Å². The number of carbonyl (C=O) groups is 2. The third-order valence-electron chi connectivity index (χ3n) is 4.97. The first-order valence-corrected chi connectivity index (χ1v) is 11.2. The zero-order valence-electron chi connectivity index (χ0n) is 18.6. The predicted molar refractivity (Wildman–Crippen MR) is 126 cm³/mol. The summed E-state index contributed by atoms with van der Waals surface area (Å²) in [5.41, 5.74) is 1.77. The van der Waals surface area contributed by atoms with Crippen LogP contribution in [-0.2, 0) is 4.79 Å². The Morgan fingerprint density at radius 1 is 1.09 bits per heavy atom. The van der Waals surface area contributed by atoms with E-state index in [1.807, 2.05) is 49.6 Å². The maximum atomic E-state index is 12.4. The van der Waals surface area contributed by atoms with Crippen LogP contribution in [0.15, 0.2) is 60.0 Å². The minimum Gasteiger partial charge on any atom is -0.497 e. The Morgan fingerprint density at radius 2 is 1.78 bits per heavy atom. The Hall–Kier alpha value is -3.33. The molecule has 0 saturated heterocycles. The normalized spacial score (nSPS) is 11.1. The Bertz CT molecular complexity index is 1060. The van der Waals surface area contributed by atoms with Crippen molar-refractivity contribution in [1.29, 1.82) is 0 Å². The van der Waals surface area contributed by atoms with Crippen LogP contribution in [-0.4, -0.2) is 45.0 Å². The summed E-state index contributed by atoms with van der Waals surface area (Å²) in [7, 11) is 1.61. The van der Waals surface area contributed by atoms with Gasteiger partial charge in [0.2, 0.25) is 5.91 Å². The number of anilines is 1. The van der Waals surface area contributed by atoms with E-state index in [2.05, 4.69) is 20.8 Å². The molecule has 0 unspecified atom stereocenters. The van der Waals surface area contributed by atoms with Crippen molar-refractivity contribution < 1.29 is 14.3 Å². The average Bonchev–Trinajstić information content (AvgIpc) is 3.26. The summed E-state index contributed by atoms with van der Waals surface area (Å²) in [6.07, 6.45) is 2.43. The van der Waals surface area contributed by atoms with Crippen molar-refractivity contribution in [1.82, 2.24) is 20.1 Å². The molecule has 0 spiro atoms. The first-order valence-electron chi connectivity index (χ1n) is 10.2. The molecule has 2 N–H and O–H groups in total. The third-order valence-corrected chi connectivity index (χ3v) is 5.91. The molecule has 3 aromatic rings. The SMILES string of the molecule is CCC(C)(C)NC(=O)c1ccc(NC(=O)CSc2nncn2-c2ccc(OC)cc2)cc1. The minimum atomic E-state index is -0.270. The molecular weight excluding hydrogens is 426 g/mol. The summed E-state index contributed by atoms with van der Waals surface area (Å²) in [6, 6.07) is 14.3. The first kappa shape index (κ1) is 23.3. The van der Waals surface area contributed by atoms with E-state index in [4.69, 9.17) is 4.74 Å². The molecule has 1 aromatic heterocycles. The molecule has 9 heteroatoms. The quantitative estimate of drug-likeness (QED) is 0.477. The average molecular weight is 454 g/mol. The lowest BCUT2D eigenvalue weighted by Gasteiger charge is -2.24. The summed E-state index contributed by atoms with van der Waals surface area (Å²) in [4.78, 5) is 24.7. The Kier molecular flexibility index (Phi) is 7.53. The zero-order valence-corrected chi connectivity index (χ0v) is 19.4. The van der Waals surface area contributed by atoms with Gasteiger partial charge in [-0.15, -0.1) is 10.2 Å². The van der Waals surface area contributed by atoms with Crippen LogP contribution in [0.2, 0.25) is 0 Å². The van der Waals surface area contributed by atoms with Crippen molar-refractivity contribution in [3.05, 3.63) is 60.4 Å². The largest absolute Gasteiger partial charge is 0.497 e. The van der Waals surface area contributed by atoms with Gasteiger partial charge in [-0.1, -0.05) is 18.7 Å². The van der Waals surface area contributed by atoms with Gasteiger partial charge in [0.1, 0.15) is 12.1 Å². The van der Waals surface area contributed by atoms with Crippen molar-refractivity contribution in [2.75, 3.05) is 18.2 Å². The lowest BCUT2D eigenvalue weighted by molar-refractivity contribution is -0.113. The number of hydrogen-bond donors (Lipinski definition) is 2. The fourth-order valence-corrected chi connectivity index (χ4v) is 3.47. The van der Waals surface area contributed by atoms with E-state index < -0.39 is 0 Å². The van der Waals surface area contributed by atoms with Crippen molar-refractivity contribution in [2.24, 2.45) is 0 Å². The standard InChI is InChI=1S/C23H27N5O3S/c1-5-23(2,3)26-21(30)16-6-8-17(9-7-16)25-20(29)14-32-22-27-24-15-28(22)18-10-12-19(31-4)13-11-18/h6-13,15H,5,14H2,1-4H3,(H,25,29)(H,26,30). The van der Waals surface area contributed by atoms with Crippen LogP contribution in [0.25, 0.3) is 5.69 Å². The fourth-order valence-electron chi connectivity index (χ4n) is 2.74. The van der Waals surface area contributed by atoms with Crippen LogP contribution in [0.4, 0.5) is 5.69 Å². The number of thioether (sulfide) groups is 1. The highest BCUT2D eigenvalue weighted by molar-refractivity contribution is 7.99. The first-order chi connectivity index (χ1) is 15.3. The van der Waals surface area contributed by atoms with E-state index in [9.17, 15) is 9.59 Å². The number of rotatable bonds is 9. The van der Waals surface area contributed by atoms with Crippen LogP contribution < -0.4 is 15.4 Å². The zero-order chi connectivity index (χ0) is 23.1. The van der Waals surface area contributed by atoms with E-state index in [0.29, 0.717) is 16.4 Å². The van der Waals surface area contributed by atoms with Gasteiger partial charge in [-0.3, -0.25) is 14.2 Å². The molecule has 0 atom stereocenters. The molecule has 0 aliphatic heterocycles. The van der Waals surface area contributed by atoms with E-state index in [-0.39, 0.29) is 23.1 Å². The Morgan fingerprint density at radius 3 is 2.41 bits per heavy atom. The second-order valence-electron chi connectivity index (χ2n) is 7.79. The molecule has 3 rings (SSSR count).